The van der Waals surface area contributed by atoms with Gasteiger partial charge in [0.05, 0.1) is 6.20 Å². The number of hydrogen-bond donors (Lipinski definition) is 2. The van der Waals surface area contributed by atoms with E-state index in [1.54, 1.807) is 18.3 Å². The van der Waals surface area contributed by atoms with Crippen LogP contribution in [0.4, 0.5) is 0 Å². The first-order valence-corrected chi connectivity index (χ1v) is 11.5. The maximum absolute atomic E-state index is 12.3. The Morgan fingerprint density at radius 1 is 1.03 bits per heavy atom. The quantitative estimate of drug-likeness (QED) is 0.336. The number of aryl methyl sites for hydroxylation is 1. The van der Waals surface area contributed by atoms with E-state index in [2.05, 4.69) is 74.7 Å². The molecule has 33 heavy (non-hydrogen) atoms. The highest BCUT2D eigenvalue weighted by Gasteiger charge is 2.11. The van der Waals surface area contributed by atoms with Gasteiger partial charge in [-0.1, -0.05) is 35.9 Å². The Bertz CT molecular complexity index is 1450. The van der Waals surface area contributed by atoms with Gasteiger partial charge in [-0.25, -0.2) is 9.50 Å². The Morgan fingerprint density at radius 3 is 2.76 bits per heavy atom. The minimum atomic E-state index is -0.214. The van der Waals surface area contributed by atoms with E-state index in [1.807, 2.05) is 0 Å². The zero-order chi connectivity index (χ0) is 22.8. The SMILES string of the molecule is CCn1c2ccccc2c2cc(CNCCCNC(=O)c3cn4nc(Cl)ccc4n3)ccc21. The lowest BCUT2D eigenvalue weighted by molar-refractivity contribution is 0.0949. The molecular weight excluding hydrogens is 436 g/mol. The average Bonchev–Trinajstić information content (AvgIpc) is 3.39. The summed E-state index contributed by atoms with van der Waals surface area (Å²) in [6, 6.07) is 18.6. The van der Waals surface area contributed by atoms with Gasteiger partial charge in [0, 0.05) is 41.4 Å². The summed E-state index contributed by atoms with van der Waals surface area (Å²) < 4.78 is 3.87. The summed E-state index contributed by atoms with van der Waals surface area (Å²) in [5.74, 6) is -0.214. The number of fused-ring (bicyclic) bond motifs is 4. The van der Waals surface area contributed by atoms with Gasteiger partial charge in [0.15, 0.2) is 5.65 Å². The number of hydrogen-bond acceptors (Lipinski definition) is 4. The molecule has 2 aromatic carbocycles. The van der Waals surface area contributed by atoms with Gasteiger partial charge in [-0.2, -0.15) is 5.10 Å². The standard InChI is InChI=1S/C25H25ClN6O/c1-2-31-21-7-4-3-6-18(21)19-14-17(8-9-22(19)31)15-27-12-5-13-28-25(33)20-16-32-24(29-20)11-10-23(26)30-32/h3-4,6-11,14,16,27H,2,5,12-13,15H2,1H3,(H,28,33). The molecule has 8 heteroatoms. The van der Waals surface area contributed by atoms with Gasteiger partial charge >= 0.3 is 0 Å². The fourth-order valence-corrected chi connectivity index (χ4v) is 4.40. The van der Waals surface area contributed by atoms with Crippen molar-refractivity contribution in [1.29, 1.82) is 0 Å². The van der Waals surface area contributed by atoms with Gasteiger partial charge in [0.25, 0.3) is 5.91 Å². The van der Waals surface area contributed by atoms with Crippen molar-refractivity contribution < 1.29 is 4.79 Å². The molecule has 0 atom stereocenters. The van der Waals surface area contributed by atoms with Crippen molar-refractivity contribution in [2.45, 2.75) is 26.4 Å². The van der Waals surface area contributed by atoms with Gasteiger partial charge in [0.2, 0.25) is 0 Å². The second-order valence-electron chi connectivity index (χ2n) is 7.98. The first-order valence-electron chi connectivity index (χ1n) is 11.1. The summed E-state index contributed by atoms with van der Waals surface area (Å²) in [6.45, 7) is 5.29. The van der Waals surface area contributed by atoms with Crippen LogP contribution >= 0.6 is 11.6 Å². The van der Waals surface area contributed by atoms with E-state index in [0.717, 1.165) is 26.1 Å². The van der Waals surface area contributed by atoms with Crippen molar-refractivity contribution in [3.05, 3.63) is 77.2 Å². The van der Waals surface area contributed by atoms with Crippen molar-refractivity contribution in [1.82, 2.24) is 29.8 Å². The molecule has 3 aromatic heterocycles. The van der Waals surface area contributed by atoms with Gasteiger partial charge in [-0.15, -0.1) is 0 Å². The third-order valence-corrected chi connectivity index (χ3v) is 6.02. The Balaban J connectivity index is 1.13. The van der Waals surface area contributed by atoms with Crippen LogP contribution < -0.4 is 10.6 Å². The summed E-state index contributed by atoms with van der Waals surface area (Å²) in [5.41, 5.74) is 4.72. The van der Waals surface area contributed by atoms with E-state index >= 15 is 0 Å². The van der Waals surface area contributed by atoms with Crippen molar-refractivity contribution in [2.75, 3.05) is 13.1 Å². The largest absolute Gasteiger partial charge is 0.351 e. The number of carbonyl (C=O) groups is 1. The van der Waals surface area contributed by atoms with E-state index < -0.39 is 0 Å². The van der Waals surface area contributed by atoms with Crippen molar-refractivity contribution in [3.63, 3.8) is 0 Å². The normalized spacial score (nSPS) is 11.6. The number of rotatable bonds is 8. The predicted molar refractivity (Wildman–Crippen MR) is 132 cm³/mol. The molecule has 0 aliphatic rings. The number of nitrogens with one attached hydrogen (secondary N) is 2. The molecule has 3 heterocycles. The molecule has 0 radical (unpaired) electrons. The number of aromatic nitrogens is 4. The second-order valence-corrected chi connectivity index (χ2v) is 8.37. The minimum Gasteiger partial charge on any atom is -0.351 e. The smallest absolute Gasteiger partial charge is 0.271 e. The lowest BCUT2D eigenvalue weighted by atomic mass is 10.1. The molecule has 0 spiro atoms. The summed E-state index contributed by atoms with van der Waals surface area (Å²) in [7, 11) is 0. The van der Waals surface area contributed by atoms with Crippen LogP contribution in [0, 0.1) is 0 Å². The molecule has 1 amide bonds. The van der Waals surface area contributed by atoms with Crippen LogP contribution in [0.3, 0.4) is 0 Å². The monoisotopic (exact) mass is 460 g/mol. The lowest BCUT2D eigenvalue weighted by Crippen LogP contribution is -2.27. The third-order valence-electron chi connectivity index (χ3n) is 5.82. The fourth-order valence-electron chi connectivity index (χ4n) is 4.26. The molecular formula is C25H25ClN6O. The highest BCUT2D eigenvalue weighted by atomic mass is 35.5. The molecule has 0 saturated carbocycles. The summed E-state index contributed by atoms with van der Waals surface area (Å²) in [4.78, 5) is 16.6. The number of imidazole rings is 1. The topological polar surface area (TPSA) is 76.2 Å². The van der Waals surface area contributed by atoms with Gasteiger partial charge in [0.1, 0.15) is 10.8 Å². The fraction of sp³-hybridized carbons (Fsp3) is 0.240. The number of amides is 1. The van der Waals surface area contributed by atoms with Crippen LogP contribution in [0.15, 0.2) is 60.8 Å². The van der Waals surface area contributed by atoms with Crippen LogP contribution in [0.1, 0.15) is 29.4 Å². The summed E-state index contributed by atoms with van der Waals surface area (Å²) in [6.07, 6.45) is 2.40. The molecule has 5 aromatic rings. The van der Waals surface area contributed by atoms with E-state index in [4.69, 9.17) is 11.6 Å². The van der Waals surface area contributed by atoms with Crippen LogP contribution in [0.2, 0.25) is 5.15 Å². The number of para-hydroxylation sites is 1. The molecule has 0 aliphatic heterocycles. The van der Waals surface area contributed by atoms with Crippen molar-refractivity contribution in [3.8, 4) is 0 Å². The Morgan fingerprint density at radius 2 is 1.88 bits per heavy atom. The van der Waals surface area contributed by atoms with Crippen molar-refractivity contribution >= 4 is 45.0 Å². The molecule has 0 unspecified atom stereocenters. The number of nitrogens with zero attached hydrogens (tertiary/aromatic N) is 4. The van der Waals surface area contributed by atoms with Crippen molar-refractivity contribution in [2.24, 2.45) is 0 Å². The maximum atomic E-state index is 12.3. The molecule has 5 rings (SSSR count). The molecule has 0 bridgehead atoms. The number of carbonyl (C=O) groups excluding carboxylic acids is 1. The Hall–Kier alpha value is -3.42. The second kappa shape index (κ2) is 9.21. The molecule has 0 saturated heterocycles. The minimum absolute atomic E-state index is 0.214. The molecule has 2 N–H and O–H groups in total. The van der Waals surface area contributed by atoms with Gasteiger partial charge < -0.3 is 15.2 Å². The maximum Gasteiger partial charge on any atom is 0.271 e. The van der Waals surface area contributed by atoms with E-state index in [0.29, 0.717) is 23.0 Å². The lowest BCUT2D eigenvalue weighted by Gasteiger charge is -2.07. The zero-order valence-corrected chi connectivity index (χ0v) is 19.1. The summed E-state index contributed by atoms with van der Waals surface area (Å²) in [5, 5.41) is 13.4. The zero-order valence-electron chi connectivity index (χ0n) is 18.4. The molecule has 0 aliphatic carbocycles. The first kappa shape index (κ1) is 21.4. The molecule has 0 fully saturated rings. The Kier molecular flexibility index (Phi) is 5.98. The number of halogens is 1. The highest BCUT2D eigenvalue weighted by molar-refractivity contribution is 6.29. The number of benzene rings is 2. The van der Waals surface area contributed by atoms with Crippen LogP contribution in [0.5, 0.6) is 0 Å². The van der Waals surface area contributed by atoms with E-state index in [9.17, 15) is 4.79 Å². The van der Waals surface area contributed by atoms with Crippen LogP contribution in [-0.2, 0) is 13.1 Å². The average molecular weight is 461 g/mol. The van der Waals surface area contributed by atoms with Gasteiger partial charge in [-0.05, 0) is 55.8 Å². The predicted octanol–water partition coefficient (Wildman–Crippen LogP) is 4.42. The summed E-state index contributed by atoms with van der Waals surface area (Å²) >= 11 is 5.88. The van der Waals surface area contributed by atoms with Crippen LogP contribution in [-0.4, -0.2) is 38.2 Å². The third kappa shape index (κ3) is 4.29. The highest BCUT2D eigenvalue weighted by Crippen LogP contribution is 2.29. The first-order chi connectivity index (χ1) is 16.1. The molecule has 7 nitrogen and oxygen atoms in total. The Labute approximate surface area is 196 Å². The van der Waals surface area contributed by atoms with Crippen LogP contribution in [0.25, 0.3) is 27.5 Å². The molecule has 168 valence electrons. The van der Waals surface area contributed by atoms with Gasteiger partial charge in [-0.3, -0.25) is 4.79 Å². The van der Waals surface area contributed by atoms with E-state index in [1.165, 1.54) is 31.9 Å². The van der Waals surface area contributed by atoms with E-state index in [-0.39, 0.29) is 5.91 Å².